The number of hydrogen-bond donors (Lipinski definition) is 1. The van der Waals surface area contributed by atoms with Crippen LogP contribution in [0.15, 0.2) is 30.3 Å². The molecule has 1 aliphatic rings. The predicted molar refractivity (Wildman–Crippen MR) is 107 cm³/mol. The first-order valence-electron chi connectivity index (χ1n) is 10.6. The number of hydrogen-bond acceptors (Lipinski definition) is 1. The quantitative estimate of drug-likeness (QED) is 0.425. The van der Waals surface area contributed by atoms with E-state index in [1.807, 2.05) is 0 Å². The molecule has 1 saturated carbocycles. The van der Waals surface area contributed by atoms with Gasteiger partial charge in [-0.1, -0.05) is 101 Å². The van der Waals surface area contributed by atoms with Crippen molar-refractivity contribution in [3.63, 3.8) is 0 Å². The molecule has 0 heterocycles. The van der Waals surface area contributed by atoms with Crippen molar-refractivity contribution in [1.82, 2.24) is 5.32 Å². The molecule has 24 heavy (non-hydrogen) atoms. The highest BCUT2D eigenvalue weighted by atomic mass is 14.9. The van der Waals surface area contributed by atoms with E-state index in [9.17, 15) is 0 Å². The average molecular weight is 330 g/mol. The Morgan fingerprint density at radius 1 is 0.792 bits per heavy atom. The van der Waals surface area contributed by atoms with Gasteiger partial charge < -0.3 is 5.32 Å². The Balaban J connectivity index is 1.63. The summed E-state index contributed by atoms with van der Waals surface area (Å²) in [5.41, 5.74) is 1.97. The van der Waals surface area contributed by atoms with E-state index in [-0.39, 0.29) is 0 Å². The van der Waals surface area contributed by atoms with Crippen LogP contribution < -0.4 is 5.32 Å². The van der Waals surface area contributed by atoms with Crippen LogP contribution in [0.3, 0.4) is 0 Å². The van der Waals surface area contributed by atoms with Crippen LogP contribution in [0.1, 0.15) is 96.0 Å². The molecule has 0 saturated heterocycles. The van der Waals surface area contributed by atoms with Gasteiger partial charge in [-0.25, -0.2) is 0 Å². The molecular formula is C23H39N. The van der Waals surface area contributed by atoms with Crippen LogP contribution in [0.2, 0.25) is 0 Å². The molecule has 0 spiro atoms. The van der Waals surface area contributed by atoms with Crippen molar-refractivity contribution in [2.45, 2.75) is 95.8 Å². The largest absolute Gasteiger partial charge is 0.316 e. The van der Waals surface area contributed by atoms with E-state index in [1.54, 1.807) is 5.56 Å². The SMILES string of the molecule is CCCCCCCCCCNCC1(c2ccccc2)CCCCC1. The molecule has 1 aliphatic carbocycles. The van der Waals surface area contributed by atoms with Gasteiger partial charge in [0.05, 0.1) is 0 Å². The van der Waals surface area contributed by atoms with Gasteiger partial charge in [-0.3, -0.25) is 0 Å². The van der Waals surface area contributed by atoms with Crippen LogP contribution in [0, 0.1) is 0 Å². The van der Waals surface area contributed by atoms with Gasteiger partial charge in [0, 0.05) is 12.0 Å². The number of benzene rings is 1. The lowest BCUT2D eigenvalue weighted by Crippen LogP contribution is -2.40. The van der Waals surface area contributed by atoms with Gasteiger partial charge in [-0.2, -0.15) is 0 Å². The maximum Gasteiger partial charge on any atom is 0.00777 e. The maximum atomic E-state index is 3.81. The normalized spacial score (nSPS) is 17.0. The van der Waals surface area contributed by atoms with Gasteiger partial charge in [0.15, 0.2) is 0 Å². The molecule has 0 bridgehead atoms. The molecule has 0 aromatic heterocycles. The average Bonchev–Trinajstić information content (AvgIpc) is 2.65. The molecule has 1 fully saturated rings. The molecule has 1 nitrogen and oxygen atoms in total. The lowest BCUT2D eigenvalue weighted by molar-refractivity contribution is 0.279. The summed E-state index contributed by atoms with van der Waals surface area (Å²) >= 11 is 0. The van der Waals surface area contributed by atoms with Crippen molar-refractivity contribution < 1.29 is 0 Å². The Kier molecular flexibility index (Phi) is 9.50. The van der Waals surface area contributed by atoms with Crippen LogP contribution in [0.25, 0.3) is 0 Å². The molecule has 0 radical (unpaired) electrons. The number of unbranched alkanes of at least 4 members (excludes halogenated alkanes) is 7. The van der Waals surface area contributed by atoms with Gasteiger partial charge in [0.2, 0.25) is 0 Å². The first-order chi connectivity index (χ1) is 11.9. The van der Waals surface area contributed by atoms with Crippen molar-refractivity contribution in [2.24, 2.45) is 0 Å². The van der Waals surface area contributed by atoms with Gasteiger partial charge in [-0.15, -0.1) is 0 Å². The zero-order valence-corrected chi connectivity index (χ0v) is 16.0. The van der Waals surface area contributed by atoms with Crippen LogP contribution in [0.5, 0.6) is 0 Å². The Labute approximate surface area is 150 Å². The Morgan fingerprint density at radius 2 is 1.42 bits per heavy atom. The summed E-state index contributed by atoms with van der Waals surface area (Å²) in [7, 11) is 0. The minimum atomic E-state index is 0.402. The van der Waals surface area contributed by atoms with Crippen molar-refractivity contribution in [1.29, 1.82) is 0 Å². The molecule has 1 aromatic carbocycles. The molecular weight excluding hydrogens is 290 g/mol. The molecule has 0 amide bonds. The van der Waals surface area contributed by atoms with Crippen LogP contribution >= 0.6 is 0 Å². The van der Waals surface area contributed by atoms with E-state index in [0.29, 0.717) is 5.41 Å². The van der Waals surface area contributed by atoms with E-state index >= 15 is 0 Å². The van der Waals surface area contributed by atoms with Crippen molar-refractivity contribution in [3.05, 3.63) is 35.9 Å². The smallest absolute Gasteiger partial charge is 0.00777 e. The van der Waals surface area contributed by atoms with Crippen LogP contribution in [-0.4, -0.2) is 13.1 Å². The predicted octanol–water partition coefficient (Wildman–Crippen LogP) is 6.62. The van der Waals surface area contributed by atoms with Crippen molar-refractivity contribution in [3.8, 4) is 0 Å². The third-order valence-corrected chi connectivity index (χ3v) is 5.87. The minimum absolute atomic E-state index is 0.402. The fraction of sp³-hybridized carbons (Fsp3) is 0.739. The Bertz CT molecular complexity index is 405. The summed E-state index contributed by atoms with van der Waals surface area (Å²) in [5.74, 6) is 0. The summed E-state index contributed by atoms with van der Waals surface area (Å²) < 4.78 is 0. The number of rotatable bonds is 12. The van der Waals surface area contributed by atoms with Gasteiger partial charge >= 0.3 is 0 Å². The van der Waals surface area contributed by atoms with E-state index < -0.39 is 0 Å². The van der Waals surface area contributed by atoms with Gasteiger partial charge in [-0.05, 0) is 31.4 Å². The van der Waals surface area contributed by atoms with Crippen molar-refractivity contribution >= 4 is 0 Å². The second kappa shape index (κ2) is 11.7. The lowest BCUT2D eigenvalue weighted by atomic mass is 9.69. The van der Waals surface area contributed by atoms with E-state index in [2.05, 4.69) is 42.6 Å². The maximum absolute atomic E-state index is 3.81. The summed E-state index contributed by atoms with van der Waals surface area (Å²) in [6.45, 7) is 4.66. The van der Waals surface area contributed by atoms with Gasteiger partial charge in [0.1, 0.15) is 0 Å². The second-order valence-corrected chi connectivity index (χ2v) is 7.86. The van der Waals surface area contributed by atoms with E-state index in [1.165, 1.54) is 96.6 Å². The minimum Gasteiger partial charge on any atom is -0.316 e. The highest BCUT2D eigenvalue weighted by Crippen LogP contribution is 2.38. The molecule has 136 valence electrons. The highest BCUT2D eigenvalue weighted by Gasteiger charge is 2.33. The first kappa shape index (κ1) is 19.5. The van der Waals surface area contributed by atoms with E-state index in [4.69, 9.17) is 0 Å². The molecule has 0 unspecified atom stereocenters. The summed E-state index contributed by atoms with van der Waals surface area (Å²) in [6.07, 6.45) is 18.2. The lowest BCUT2D eigenvalue weighted by Gasteiger charge is -2.38. The van der Waals surface area contributed by atoms with Crippen LogP contribution in [0.4, 0.5) is 0 Å². The zero-order chi connectivity index (χ0) is 16.9. The fourth-order valence-corrected chi connectivity index (χ4v) is 4.30. The zero-order valence-electron chi connectivity index (χ0n) is 16.0. The molecule has 0 aliphatic heterocycles. The third-order valence-electron chi connectivity index (χ3n) is 5.87. The summed E-state index contributed by atoms with van der Waals surface area (Å²) in [6, 6.07) is 11.3. The summed E-state index contributed by atoms with van der Waals surface area (Å²) in [5, 5.41) is 3.81. The van der Waals surface area contributed by atoms with Gasteiger partial charge in [0.25, 0.3) is 0 Å². The van der Waals surface area contributed by atoms with Crippen molar-refractivity contribution in [2.75, 3.05) is 13.1 Å². The molecule has 1 N–H and O–H groups in total. The topological polar surface area (TPSA) is 12.0 Å². The third kappa shape index (κ3) is 6.59. The fourth-order valence-electron chi connectivity index (χ4n) is 4.30. The van der Waals surface area contributed by atoms with E-state index in [0.717, 1.165) is 0 Å². The standard InChI is InChI=1S/C23H39N/c1-2-3-4-5-6-7-8-15-20-24-21-23(18-13-10-14-19-23)22-16-11-9-12-17-22/h9,11-12,16-17,24H,2-8,10,13-15,18-21H2,1H3. The molecule has 0 atom stereocenters. The van der Waals surface area contributed by atoms with Crippen LogP contribution in [-0.2, 0) is 5.41 Å². The monoisotopic (exact) mass is 329 g/mol. The highest BCUT2D eigenvalue weighted by molar-refractivity contribution is 5.26. The second-order valence-electron chi connectivity index (χ2n) is 7.86. The molecule has 2 rings (SSSR count). The molecule has 1 heteroatoms. The Hall–Kier alpha value is -0.820. The Morgan fingerprint density at radius 3 is 2.08 bits per heavy atom. The number of nitrogens with one attached hydrogen (secondary N) is 1. The summed E-state index contributed by atoms with van der Waals surface area (Å²) in [4.78, 5) is 0. The molecule has 1 aromatic rings. The first-order valence-corrected chi connectivity index (χ1v) is 10.6.